The highest BCUT2D eigenvalue weighted by Crippen LogP contribution is 2.47. The van der Waals surface area contributed by atoms with Gasteiger partial charge in [0.1, 0.15) is 11.4 Å². The van der Waals surface area contributed by atoms with Crippen LogP contribution < -0.4 is 4.74 Å². The van der Waals surface area contributed by atoms with Gasteiger partial charge < -0.3 is 28.9 Å². The predicted molar refractivity (Wildman–Crippen MR) is 188 cm³/mol. The summed E-state index contributed by atoms with van der Waals surface area (Å²) in [4.78, 5) is 41.3. The summed E-state index contributed by atoms with van der Waals surface area (Å²) in [7, 11) is 3.85. The number of methoxy groups -OCH3 is 1. The van der Waals surface area contributed by atoms with Gasteiger partial charge in [-0.2, -0.15) is 13.2 Å². The van der Waals surface area contributed by atoms with Gasteiger partial charge in [-0.1, -0.05) is 25.3 Å². The van der Waals surface area contributed by atoms with Crippen LogP contribution in [0.5, 0.6) is 5.75 Å². The molecule has 3 fully saturated rings. The lowest BCUT2D eigenvalue weighted by molar-refractivity contribution is -0.192. The molecule has 1 aromatic heterocycles. The van der Waals surface area contributed by atoms with E-state index in [9.17, 15) is 22.8 Å². The molecule has 2 unspecified atom stereocenters. The summed E-state index contributed by atoms with van der Waals surface area (Å²) in [5.41, 5.74) is 6.39. The first-order valence-corrected chi connectivity index (χ1v) is 17.7. The van der Waals surface area contributed by atoms with E-state index in [1.807, 2.05) is 39.0 Å². The zero-order valence-corrected chi connectivity index (χ0v) is 29.8. The number of ether oxygens (including phenoxy) is 2. The van der Waals surface area contributed by atoms with E-state index in [0.29, 0.717) is 18.0 Å². The van der Waals surface area contributed by atoms with E-state index in [4.69, 9.17) is 19.4 Å². The van der Waals surface area contributed by atoms with Crippen molar-refractivity contribution in [2.24, 2.45) is 0 Å². The minimum absolute atomic E-state index is 0.136. The van der Waals surface area contributed by atoms with Crippen molar-refractivity contribution >= 4 is 34.8 Å². The van der Waals surface area contributed by atoms with Gasteiger partial charge in [0, 0.05) is 47.2 Å². The van der Waals surface area contributed by atoms with Gasteiger partial charge in [0.25, 0.3) is 5.91 Å². The summed E-state index contributed by atoms with van der Waals surface area (Å²) in [6, 6.07) is 12.8. The molecular weight excluding hydrogens is 663 g/mol. The fourth-order valence-corrected chi connectivity index (χ4v) is 8.25. The van der Waals surface area contributed by atoms with Gasteiger partial charge in [-0.25, -0.2) is 9.59 Å². The minimum atomic E-state index is -5.08. The number of amides is 1. The van der Waals surface area contributed by atoms with Crippen molar-refractivity contribution in [1.82, 2.24) is 14.4 Å². The number of carbonyl (C=O) groups is 3. The third-order valence-electron chi connectivity index (χ3n) is 10.3. The lowest BCUT2D eigenvalue weighted by atomic mass is 9.81. The SMILES string of the molecule is COc1ccc2c(c1)C=C(C(=O)N1C3CCC1CN(C)C3)Cn1c-2c(C2CCCCC2)c2ccc(C(=O)OC(C)(C)C)cc21.O=C(O)C(F)(F)F. The second kappa shape index (κ2) is 14.0. The van der Waals surface area contributed by atoms with Crippen LogP contribution in [0, 0.1) is 0 Å². The molecule has 2 aromatic carbocycles. The molecule has 2 bridgehead atoms. The Bertz CT molecular complexity index is 1850. The van der Waals surface area contributed by atoms with Crippen molar-refractivity contribution in [3.05, 3.63) is 58.7 Å². The minimum Gasteiger partial charge on any atom is -0.497 e. The van der Waals surface area contributed by atoms with E-state index in [1.54, 1.807) is 7.11 Å². The summed E-state index contributed by atoms with van der Waals surface area (Å²) in [5, 5.41) is 8.30. The summed E-state index contributed by atoms with van der Waals surface area (Å²) in [6.45, 7) is 7.98. The third-order valence-corrected chi connectivity index (χ3v) is 10.3. The van der Waals surface area contributed by atoms with Crippen LogP contribution >= 0.6 is 0 Å². The lowest BCUT2D eigenvalue weighted by Crippen LogP contribution is -2.55. The lowest BCUT2D eigenvalue weighted by Gasteiger charge is -2.40. The number of rotatable bonds is 4. The number of carboxylic acids is 1. The fourth-order valence-electron chi connectivity index (χ4n) is 8.25. The molecule has 9 nitrogen and oxygen atoms in total. The second-order valence-electron chi connectivity index (χ2n) is 15.2. The molecule has 3 aliphatic heterocycles. The number of halogens is 3. The number of benzene rings is 2. The van der Waals surface area contributed by atoms with Gasteiger partial charge in [0.15, 0.2) is 0 Å². The maximum atomic E-state index is 14.5. The molecule has 12 heteroatoms. The second-order valence-corrected chi connectivity index (χ2v) is 15.2. The van der Waals surface area contributed by atoms with Gasteiger partial charge in [0.2, 0.25) is 0 Å². The smallest absolute Gasteiger partial charge is 0.490 e. The van der Waals surface area contributed by atoms with Gasteiger partial charge in [0.05, 0.1) is 24.9 Å². The molecule has 1 aliphatic carbocycles. The molecule has 2 saturated heterocycles. The number of likely N-dealkylation sites (tertiary alicyclic amines) is 1. The Morgan fingerprint density at radius 2 is 1.55 bits per heavy atom. The summed E-state index contributed by atoms with van der Waals surface area (Å²) in [5.74, 6) is -1.74. The van der Waals surface area contributed by atoms with Crippen LogP contribution in [0.4, 0.5) is 13.2 Å². The molecule has 0 spiro atoms. The van der Waals surface area contributed by atoms with Crippen LogP contribution in [0.3, 0.4) is 0 Å². The molecule has 51 heavy (non-hydrogen) atoms. The standard InChI is InChI=1S/C37H45N3O4.C2HF3O2/c1-37(2,3)44-36(42)24-11-15-31-32(19-24)39-20-26(35(41)40-27-12-13-28(40)22-38(4)21-27)17-25-18-29(43-5)14-16-30(25)34(39)33(31)23-9-7-6-8-10-23;3-2(4,5)1(6)7/h11,14-19,23,27-28H,6-10,12-13,20-22H2,1-5H3;(H,6,7). The number of piperazine rings is 1. The Kier molecular flexibility index (Phi) is 10.0. The number of aromatic nitrogens is 1. The topological polar surface area (TPSA) is 101 Å². The van der Waals surface area contributed by atoms with Crippen LogP contribution in [-0.2, 0) is 20.9 Å². The molecule has 2 atom stereocenters. The average molecular weight is 710 g/mol. The molecule has 3 aromatic rings. The largest absolute Gasteiger partial charge is 0.497 e. The quantitative estimate of drug-likeness (QED) is 0.278. The van der Waals surface area contributed by atoms with E-state index in [-0.39, 0.29) is 24.0 Å². The first kappa shape index (κ1) is 36.5. The molecular formula is C39H46F3N3O6. The zero-order valence-electron chi connectivity index (χ0n) is 29.8. The molecule has 1 amide bonds. The van der Waals surface area contributed by atoms with Crippen molar-refractivity contribution in [3.63, 3.8) is 0 Å². The van der Waals surface area contributed by atoms with Crippen molar-refractivity contribution < 1.29 is 42.1 Å². The first-order chi connectivity index (χ1) is 24.1. The van der Waals surface area contributed by atoms with Gasteiger partial charge >= 0.3 is 18.1 Å². The molecule has 1 saturated carbocycles. The number of esters is 1. The van der Waals surface area contributed by atoms with Crippen LogP contribution in [0.15, 0.2) is 42.0 Å². The molecule has 0 radical (unpaired) electrons. The van der Waals surface area contributed by atoms with Gasteiger partial charge in [-0.3, -0.25) is 4.79 Å². The number of hydrogen-bond acceptors (Lipinski definition) is 6. The zero-order chi connectivity index (χ0) is 36.8. The number of fused-ring (bicyclic) bond motifs is 7. The number of alkyl halides is 3. The monoisotopic (exact) mass is 709 g/mol. The predicted octanol–water partition coefficient (Wildman–Crippen LogP) is 7.66. The Morgan fingerprint density at radius 3 is 2.14 bits per heavy atom. The molecule has 1 N–H and O–H groups in total. The van der Waals surface area contributed by atoms with E-state index < -0.39 is 17.7 Å². The van der Waals surface area contributed by atoms with E-state index >= 15 is 0 Å². The normalized spacial score (nSPS) is 20.8. The number of carboxylic acid groups (broad SMARTS) is 1. The van der Waals surface area contributed by atoms with Gasteiger partial charge in [-0.05, 0) is 107 Å². The maximum Gasteiger partial charge on any atom is 0.490 e. The van der Waals surface area contributed by atoms with Crippen LogP contribution in [0.25, 0.3) is 28.2 Å². The third kappa shape index (κ3) is 7.52. The number of nitrogens with zero attached hydrogens (tertiary/aromatic N) is 3. The van der Waals surface area contributed by atoms with Crippen molar-refractivity contribution in [3.8, 4) is 17.0 Å². The van der Waals surface area contributed by atoms with Crippen molar-refractivity contribution in [2.45, 2.75) is 102 Å². The Hall–Kier alpha value is -4.32. The first-order valence-electron chi connectivity index (χ1n) is 17.7. The van der Waals surface area contributed by atoms with Crippen LogP contribution in [-0.4, -0.2) is 88.4 Å². The Labute approximate surface area is 296 Å². The molecule has 4 heterocycles. The summed E-state index contributed by atoms with van der Waals surface area (Å²) >= 11 is 0. The number of aliphatic carboxylic acids is 1. The number of likely N-dealkylation sites (N-methyl/N-ethyl adjacent to an activating group) is 1. The molecule has 4 aliphatic rings. The number of carbonyl (C=O) groups excluding carboxylic acids is 2. The fraction of sp³-hybridized carbons (Fsp3) is 0.513. The van der Waals surface area contributed by atoms with Crippen LogP contribution in [0.1, 0.15) is 93.1 Å². The number of hydrogen-bond donors (Lipinski definition) is 1. The molecule has 7 rings (SSSR count). The summed E-state index contributed by atoms with van der Waals surface area (Å²) < 4.78 is 45.5. The Morgan fingerprint density at radius 1 is 0.902 bits per heavy atom. The highest BCUT2D eigenvalue weighted by molar-refractivity contribution is 6.04. The molecule has 274 valence electrons. The van der Waals surface area contributed by atoms with Crippen molar-refractivity contribution in [2.75, 3.05) is 27.2 Å². The summed E-state index contributed by atoms with van der Waals surface area (Å²) in [6.07, 6.45) is 5.15. The highest BCUT2D eigenvalue weighted by Gasteiger charge is 2.43. The average Bonchev–Trinajstić information content (AvgIpc) is 3.46. The maximum absolute atomic E-state index is 14.5. The van der Waals surface area contributed by atoms with E-state index in [0.717, 1.165) is 66.7 Å². The van der Waals surface area contributed by atoms with Crippen molar-refractivity contribution in [1.29, 1.82) is 0 Å². The van der Waals surface area contributed by atoms with Crippen LogP contribution in [0.2, 0.25) is 0 Å². The van der Waals surface area contributed by atoms with E-state index in [1.165, 1.54) is 35.9 Å². The highest BCUT2D eigenvalue weighted by atomic mass is 19.4. The van der Waals surface area contributed by atoms with E-state index in [2.05, 4.69) is 45.7 Å². The Balaban J connectivity index is 0.000000582. The van der Waals surface area contributed by atoms with Gasteiger partial charge in [-0.15, -0.1) is 0 Å².